The van der Waals surface area contributed by atoms with E-state index in [0.717, 1.165) is 16.6 Å². The molecular weight excluding hydrogens is 244 g/mol. The van der Waals surface area contributed by atoms with Crippen molar-refractivity contribution >= 4 is 0 Å². The highest BCUT2D eigenvalue weighted by Crippen LogP contribution is 2.20. The van der Waals surface area contributed by atoms with Crippen LogP contribution in [0.15, 0.2) is 39.9 Å². The minimum absolute atomic E-state index is 0.237. The Kier molecular flexibility index (Phi) is 3.55. The van der Waals surface area contributed by atoms with Gasteiger partial charge >= 0.3 is 5.69 Å². The van der Waals surface area contributed by atoms with Crippen LogP contribution in [0.5, 0.6) is 11.6 Å². The Morgan fingerprint density at radius 2 is 1.84 bits per heavy atom. The second-order valence-corrected chi connectivity index (χ2v) is 4.32. The summed E-state index contributed by atoms with van der Waals surface area (Å²) in [5.74, 6) is 0.851. The van der Waals surface area contributed by atoms with Gasteiger partial charge in [-0.2, -0.15) is 0 Å². The van der Waals surface area contributed by atoms with E-state index in [1.165, 1.54) is 17.7 Å². The van der Waals surface area contributed by atoms with Gasteiger partial charge in [-0.05, 0) is 24.1 Å². The van der Waals surface area contributed by atoms with Crippen LogP contribution < -0.4 is 16.0 Å². The van der Waals surface area contributed by atoms with Gasteiger partial charge in [-0.25, -0.2) is 4.79 Å². The first-order valence-corrected chi connectivity index (χ1v) is 6.06. The topological polar surface area (TPSA) is 53.2 Å². The molecule has 0 saturated heterocycles. The number of nitrogens with zero attached hydrogens (tertiary/aromatic N) is 2. The van der Waals surface area contributed by atoms with Crippen LogP contribution >= 0.6 is 0 Å². The van der Waals surface area contributed by atoms with Crippen molar-refractivity contribution in [2.45, 2.75) is 13.3 Å². The standard InChI is InChI=1S/C14H16N2O3/c1-4-10-6-5-7-11(8-10)19-13-9-12(17)15(2)14(18)16(13)3/h5-9H,4H2,1-3H3. The first-order valence-electron chi connectivity index (χ1n) is 6.06. The van der Waals surface area contributed by atoms with E-state index in [1.54, 1.807) is 13.1 Å². The highest BCUT2D eigenvalue weighted by Gasteiger charge is 2.08. The highest BCUT2D eigenvalue weighted by molar-refractivity contribution is 5.31. The van der Waals surface area contributed by atoms with Crippen molar-refractivity contribution in [3.05, 3.63) is 56.7 Å². The SMILES string of the molecule is CCc1cccc(Oc2cc(=O)n(C)c(=O)n2C)c1. The first kappa shape index (κ1) is 13.1. The molecule has 0 bridgehead atoms. The summed E-state index contributed by atoms with van der Waals surface area (Å²) in [6.45, 7) is 2.05. The molecule has 5 heteroatoms. The van der Waals surface area contributed by atoms with Gasteiger partial charge in [0.25, 0.3) is 5.56 Å². The zero-order valence-corrected chi connectivity index (χ0v) is 11.2. The molecule has 2 aromatic rings. The fourth-order valence-electron chi connectivity index (χ4n) is 1.76. The van der Waals surface area contributed by atoms with Gasteiger partial charge in [-0.1, -0.05) is 19.1 Å². The third-order valence-corrected chi connectivity index (χ3v) is 3.01. The maximum atomic E-state index is 11.8. The van der Waals surface area contributed by atoms with Gasteiger partial charge < -0.3 is 4.74 Å². The fourth-order valence-corrected chi connectivity index (χ4v) is 1.76. The number of hydrogen-bond acceptors (Lipinski definition) is 3. The fraction of sp³-hybridized carbons (Fsp3) is 0.286. The molecule has 0 N–H and O–H groups in total. The highest BCUT2D eigenvalue weighted by atomic mass is 16.5. The largest absolute Gasteiger partial charge is 0.440 e. The quantitative estimate of drug-likeness (QED) is 0.839. The molecule has 0 saturated carbocycles. The lowest BCUT2D eigenvalue weighted by atomic mass is 10.2. The van der Waals surface area contributed by atoms with E-state index in [9.17, 15) is 9.59 Å². The molecule has 0 unspecified atom stereocenters. The average Bonchev–Trinajstić information content (AvgIpc) is 2.42. The van der Waals surface area contributed by atoms with Gasteiger partial charge in [0.2, 0.25) is 5.88 Å². The Bertz CT molecular complexity index is 713. The molecule has 0 aliphatic carbocycles. The molecule has 0 aliphatic rings. The van der Waals surface area contributed by atoms with Crippen LogP contribution in [-0.2, 0) is 20.5 Å². The molecule has 5 nitrogen and oxygen atoms in total. The average molecular weight is 260 g/mol. The summed E-state index contributed by atoms with van der Waals surface area (Å²) in [5.41, 5.74) is 0.338. The Labute approximate surface area is 110 Å². The van der Waals surface area contributed by atoms with E-state index in [4.69, 9.17) is 4.74 Å². The van der Waals surface area contributed by atoms with E-state index in [1.807, 2.05) is 25.1 Å². The van der Waals surface area contributed by atoms with Crippen molar-refractivity contribution in [3.63, 3.8) is 0 Å². The molecule has 0 fully saturated rings. The summed E-state index contributed by atoms with van der Waals surface area (Å²) in [7, 11) is 3.01. The number of ether oxygens (including phenoxy) is 1. The van der Waals surface area contributed by atoms with Gasteiger partial charge in [0, 0.05) is 14.1 Å². The number of hydrogen-bond donors (Lipinski definition) is 0. The second-order valence-electron chi connectivity index (χ2n) is 4.32. The number of rotatable bonds is 3. The number of benzene rings is 1. The summed E-state index contributed by atoms with van der Waals surface area (Å²) in [5, 5.41) is 0. The van der Waals surface area contributed by atoms with Crippen molar-refractivity contribution in [1.29, 1.82) is 0 Å². The van der Waals surface area contributed by atoms with E-state index >= 15 is 0 Å². The van der Waals surface area contributed by atoms with Gasteiger partial charge in [-0.3, -0.25) is 13.9 Å². The molecule has 19 heavy (non-hydrogen) atoms. The molecular formula is C14H16N2O3. The molecule has 0 atom stereocenters. The molecule has 1 aromatic carbocycles. The van der Waals surface area contributed by atoms with Gasteiger partial charge in [0.05, 0.1) is 6.07 Å². The van der Waals surface area contributed by atoms with E-state index in [0.29, 0.717) is 5.75 Å². The maximum absolute atomic E-state index is 11.8. The lowest BCUT2D eigenvalue weighted by molar-refractivity contribution is 0.423. The van der Waals surface area contributed by atoms with Crippen LogP contribution in [-0.4, -0.2) is 9.13 Å². The molecule has 2 rings (SSSR count). The van der Waals surface area contributed by atoms with Crippen LogP contribution in [0.4, 0.5) is 0 Å². The second kappa shape index (κ2) is 5.14. The van der Waals surface area contributed by atoms with Crippen molar-refractivity contribution in [1.82, 2.24) is 9.13 Å². The maximum Gasteiger partial charge on any atom is 0.333 e. The van der Waals surface area contributed by atoms with Crippen molar-refractivity contribution < 1.29 is 4.74 Å². The first-order chi connectivity index (χ1) is 9.02. The van der Waals surface area contributed by atoms with Crippen LogP contribution in [0.3, 0.4) is 0 Å². The van der Waals surface area contributed by atoms with Crippen molar-refractivity contribution in [3.8, 4) is 11.6 Å². The predicted molar refractivity (Wildman–Crippen MR) is 72.8 cm³/mol. The summed E-state index contributed by atoms with van der Waals surface area (Å²) >= 11 is 0. The molecule has 100 valence electrons. The minimum Gasteiger partial charge on any atom is -0.440 e. The lowest BCUT2D eigenvalue weighted by Crippen LogP contribution is -2.36. The summed E-state index contributed by atoms with van der Waals surface area (Å²) in [6.07, 6.45) is 0.896. The third-order valence-electron chi connectivity index (χ3n) is 3.01. The zero-order chi connectivity index (χ0) is 14.0. The van der Waals surface area contributed by atoms with Gasteiger partial charge in [-0.15, -0.1) is 0 Å². The molecule has 0 radical (unpaired) electrons. The zero-order valence-electron chi connectivity index (χ0n) is 11.2. The smallest absolute Gasteiger partial charge is 0.333 e. The molecule has 0 aliphatic heterocycles. The predicted octanol–water partition coefficient (Wildman–Crippen LogP) is 1.44. The molecule has 0 spiro atoms. The summed E-state index contributed by atoms with van der Waals surface area (Å²) in [6, 6.07) is 8.87. The lowest BCUT2D eigenvalue weighted by Gasteiger charge is -2.11. The molecule has 0 amide bonds. The minimum atomic E-state index is -0.408. The monoisotopic (exact) mass is 260 g/mol. The summed E-state index contributed by atoms with van der Waals surface area (Å²) in [4.78, 5) is 23.4. The molecule has 1 aromatic heterocycles. The number of aromatic nitrogens is 2. The summed E-state index contributed by atoms with van der Waals surface area (Å²) < 4.78 is 7.96. The van der Waals surface area contributed by atoms with Crippen LogP contribution in [0, 0.1) is 0 Å². The van der Waals surface area contributed by atoms with Gasteiger partial charge in [0.15, 0.2) is 0 Å². The Morgan fingerprint density at radius 3 is 2.53 bits per heavy atom. The Morgan fingerprint density at radius 1 is 1.11 bits per heavy atom. The van der Waals surface area contributed by atoms with Crippen molar-refractivity contribution in [2.75, 3.05) is 0 Å². The van der Waals surface area contributed by atoms with E-state index < -0.39 is 5.69 Å². The van der Waals surface area contributed by atoms with E-state index in [-0.39, 0.29) is 11.4 Å². The van der Waals surface area contributed by atoms with Crippen molar-refractivity contribution in [2.24, 2.45) is 14.1 Å². The Hall–Kier alpha value is -2.30. The Balaban J connectivity index is 2.44. The molecule has 1 heterocycles. The number of aryl methyl sites for hydroxylation is 1. The van der Waals surface area contributed by atoms with Crippen LogP contribution in [0.2, 0.25) is 0 Å². The van der Waals surface area contributed by atoms with E-state index in [2.05, 4.69) is 0 Å². The normalized spacial score (nSPS) is 10.5. The van der Waals surface area contributed by atoms with Crippen LogP contribution in [0.1, 0.15) is 12.5 Å². The third kappa shape index (κ3) is 2.59. The van der Waals surface area contributed by atoms with Crippen LogP contribution in [0.25, 0.3) is 0 Å². The van der Waals surface area contributed by atoms with Gasteiger partial charge in [0.1, 0.15) is 5.75 Å².